The molecule has 0 unspecified atom stereocenters. The van der Waals surface area contributed by atoms with E-state index < -0.39 is 12.5 Å². The minimum Gasteiger partial charge on any atom is -0.480 e. The number of rotatable bonds is 6. The van der Waals surface area contributed by atoms with Crippen molar-refractivity contribution in [2.75, 3.05) is 5.32 Å². The monoisotopic (exact) mass is 376 g/mol. The number of carbonyl (C=O) groups excluding carboxylic acids is 1. The van der Waals surface area contributed by atoms with Crippen LogP contribution in [-0.4, -0.2) is 31.3 Å². The maximum atomic E-state index is 12.9. The Morgan fingerprint density at radius 2 is 2.00 bits per heavy atom. The third-order valence-electron chi connectivity index (χ3n) is 4.36. The van der Waals surface area contributed by atoms with Gasteiger partial charge in [0.1, 0.15) is 6.54 Å². The molecule has 3 rings (SSSR count). The van der Waals surface area contributed by atoms with Crippen LogP contribution in [0.25, 0.3) is 10.9 Å². The zero-order valence-electron chi connectivity index (χ0n) is 14.7. The molecule has 0 aliphatic carbocycles. The number of carbonyl (C=O) groups is 2. The second kappa shape index (κ2) is 7.18. The number of hydrogen-bond donors (Lipinski definition) is 2. The first-order valence-electron chi connectivity index (χ1n) is 8.19. The third kappa shape index (κ3) is 3.81. The predicted molar refractivity (Wildman–Crippen MR) is 94.9 cm³/mol. The van der Waals surface area contributed by atoms with E-state index in [0.29, 0.717) is 21.6 Å². The Kier molecular flexibility index (Phi) is 4.93. The molecule has 2 heterocycles. The quantitative estimate of drug-likeness (QED) is 0.692. The molecule has 0 saturated heterocycles. The number of hydrogen-bond acceptors (Lipinski definition) is 3. The van der Waals surface area contributed by atoms with Crippen LogP contribution in [0.2, 0.25) is 0 Å². The molecule has 7 nitrogen and oxygen atoms in total. The molecule has 1 amide bonds. The molecule has 0 aliphatic rings. The topological polar surface area (TPSA) is 89.2 Å². The number of carboxylic acids is 1. The van der Waals surface area contributed by atoms with E-state index in [2.05, 4.69) is 10.4 Å². The first kappa shape index (κ1) is 18.6. The molecule has 9 heteroatoms. The van der Waals surface area contributed by atoms with Gasteiger partial charge in [-0.2, -0.15) is 13.9 Å². The highest BCUT2D eigenvalue weighted by Gasteiger charge is 2.19. The predicted octanol–water partition coefficient (Wildman–Crippen LogP) is 3.12. The van der Waals surface area contributed by atoms with Gasteiger partial charge in [-0.3, -0.25) is 9.59 Å². The fourth-order valence-corrected chi connectivity index (χ4v) is 3.07. The van der Waals surface area contributed by atoms with Gasteiger partial charge in [0.05, 0.1) is 12.1 Å². The van der Waals surface area contributed by atoms with Crippen molar-refractivity contribution in [3.05, 3.63) is 47.4 Å². The minimum atomic E-state index is -2.75. The second-order valence-electron chi connectivity index (χ2n) is 6.21. The first-order valence-corrected chi connectivity index (χ1v) is 8.19. The normalized spacial score (nSPS) is 11.3. The lowest BCUT2D eigenvalue weighted by atomic mass is 10.1. The molecule has 0 aliphatic heterocycles. The number of carboxylic acid groups (broad SMARTS) is 1. The molecule has 0 bridgehead atoms. The molecular weight excluding hydrogens is 358 g/mol. The standard InChI is InChI=1S/C18H18F2N4O3/c1-10-14(11(2)24(22-10)18(19)20)8-16(25)21-13-3-4-15-12(7-13)5-6-23(15)9-17(26)27/h3-7,18H,8-9H2,1-2H3,(H,21,25)(H,26,27). The summed E-state index contributed by atoms with van der Waals surface area (Å²) in [5, 5.41) is 16.2. The van der Waals surface area contributed by atoms with Crippen molar-refractivity contribution in [2.24, 2.45) is 0 Å². The lowest BCUT2D eigenvalue weighted by molar-refractivity contribution is -0.137. The van der Waals surface area contributed by atoms with Crippen molar-refractivity contribution in [3.63, 3.8) is 0 Å². The Bertz CT molecular complexity index is 1020. The molecule has 2 aromatic heterocycles. The van der Waals surface area contributed by atoms with Gasteiger partial charge in [0.15, 0.2) is 0 Å². The van der Waals surface area contributed by atoms with E-state index in [1.54, 1.807) is 42.0 Å². The van der Waals surface area contributed by atoms with Crippen molar-refractivity contribution >= 4 is 28.5 Å². The van der Waals surface area contributed by atoms with Gasteiger partial charge in [0.2, 0.25) is 5.91 Å². The number of nitrogens with one attached hydrogen (secondary N) is 1. The number of fused-ring (bicyclic) bond motifs is 1. The number of alkyl halides is 2. The van der Waals surface area contributed by atoms with E-state index >= 15 is 0 Å². The fourth-order valence-electron chi connectivity index (χ4n) is 3.07. The van der Waals surface area contributed by atoms with Gasteiger partial charge in [-0.05, 0) is 38.1 Å². The maximum absolute atomic E-state index is 12.9. The van der Waals surface area contributed by atoms with Gasteiger partial charge in [-0.1, -0.05) is 0 Å². The molecule has 0 fully saturated rings. The zero-order chi connectivity index (χ0) is 19.7. The zero-order valence-corrected chi connectivity index (χ0v) is 14.7. The van der Waals surface area contributed by atoms with Gasteiger partial charge >= 0.3 is 12.5 Å². The number of amides is 1. The summed E-state index contributed by atoms with van der Waals surface area (Å²) in [5.41, 5.74) is 2.40. The average molecular weight is 376 g/mol. The number of benzene rings is 1. The summed E-state index contributed by atoms with van der Waals surface area (Å²) in [6.07, 6.45) is 1.60. The number of aryl methyl sites for hydroxylation is 1. The smallest absolute Gasteiger partial charge is 0.333 e. The molecule has 142 valence electrons. The average Bonchev–Trinajstić information content (AvgIpc) is 3.10. The van der Waals surface area contributed by atoms with Crippen molar-refractivity contribution < 1.29 is 23.5 Å². The number of nitrogens with zero attached hydrogens (tertiary/aromatic N) is 3. The van der Waals surface area contributed by atoms with Gasteiger partial charge < -0.3 is 15.0 Å². The lowest BCUT2D eigenvalue weighted by Gasteiger charge is -2.07. The van der Waals surface area contributed by atoms with Crippen LogP contribution < -0.4 is 5.32 Å². The van der Waals surface area contributed by atoms with Crippen molar-refractivity contribution in [2.45, 2.75) is 33.4 Å². The van der Waals surface area contributed by atoms with E-state index in [0.717, 1.165) is 10.9 Å². The Hall–Kier alpha value is -3.23. The summed E-state index contributed by atoms with van der Waals surface area (Å²) >= 11 is 0. The van der Waals surface area contributed by atoms with E-state index in [1.165, 1.54) is 6.92 Å². The van der Waals surface area contributed by atoms with Gasteiger partial charge in [-0.25, -0.2) is 4.68 Å². The highest BCUT2D eigenvalue weighted by atomic mass is 19.3. The summed E-state index contributed by atoms with van der Waals surface area (Å²) < 4.78 is 28.0. The van der Waals surface area contributed by atoms with Crippen molar-refractivity contribution in [1.29, 1.82) is 0 Å². The molecule has 3 aromatic rings. The van der Waals surface area contributed by atoms with Crippen LogP contribution in [0, 0.1) is 13.8 Å². The number of halogens is 2. The lowest BCUT2D eigenvalue weighted by Crippen LogP contribution is -2.15. The van der Waals surface area contributed by atoms with Crippen LogP contribution in [0.4, 0.5) is 14.5 Å². The Morgan fingerprint density at radius 3 is 2.63 bits per heavy atom. The van der Waals surface area contributed by atoms with Crippen LogP contribution in [0.1, 0.15) is 23.5 Å². The molecule has 0 saturated carbocycles. The number of aliphatic carboxylic acids is 1. The van der Waals surface area contributed by atoms with Crippen LogP contribution in [0.15, 0.2) is 30.5 Å². The third-order valence-corrected chi connectivity index (χ3v) is 4.36. The Morgan fingerprint density at radius 1 is 1.26 bits per heavy atom. The Labute approximate surface area is 153 Å². The minimum absolute atomic E-state index is 0.0670. The van der Waals surface area contributed by atoms with Crippen LogP contribution in [0.5, 0.6) is 0 Å². The van der Waals surface area contributed by atoms with E-state index in [1.807, 2.05) is 0 Å². The molecular formula is C18H18F2N4O3. The highest BCUT2D eigenvalue weighted by Crippen LogP contribution is 2.22. The van der Waals surface area contributed by atoms with Gasteiger partial charge in [0, 0.05) is 34.0 Å². The maximum Gasteiger partial charge on any atom is 0.333 e. The molecule has 1 aromatic carbocycles. The molecule has 0 atom stereocenters. The van der Waals surface area contributed by atoms with Crippen LogP contribution >= 0.6 is 0 Å². The van der Waals surface area contributed by atoms with E-state index in [4.69, 9.17) is 5.11 Å². The highest BCUT2D eigenvalue weighted by molar-refractivity contribution is 5.95. The Balaban J connectivity index is 1.76. The molecule has 0 spiro atoms. The van der Waals surface area contributed by atoms with Crippen molar-refractivity contribution in [3.8, 4) is 0 Å². The van der Waals surface area contributed by atoms with Crippen LogP contribution in [0.3, 0.4) is 0 Å². The first-order chi connectivity index (χ1) is 12.8. The summed E-state index contributed by atoms with van der Waals surface area (Å²) in [5.74, 6) is -1.29. The van der Waals surface area contributed by atoms with E-state index in [9.17, 15) is 18.4 Å². The van der Waals surface area contributed by atoms with Crippen molar-refractivity contribution in [1.82, 2.24) is 14.3 Å². The molecule has 27 heavy (non-hydrogen) atoms. The largest absolute Gasteiger partial charge is 0.480 e. The summed E-state index contributed by atoms with van der Waals surface area (Å²) in [7, 11) is 0. The van der Waals surface area contributed by atoms with Crippen LogP contribution in [-0.2, 0) is 22.6 Å². The second-order valence-corrected chi connectivity index (χ2v) is 6.21. The summed E-state index contributed by atoms with van der Waals surface area (Å²) in [6.45, 7) is 0.192. The number of anilines is 1. The number of aromatic nitrogens is 3. The molecule has 2 N–H and O–H groups in total. The molecule has 0 radical (unpaired) electrons. The fraction of sp³-hybridized carbons (Fsp3) is 0.278. The summed E-state index contributed by atoms with van der Waals surface area (Å²) in [6, 6.07) is 6.88. The van der Waals surface area contributed by atoms with Gasteiger partial charge in [-0.15, -0.1) is 0 Å². The van der Waals surface area contributed by atoms with E-state index in [-0.39, 0.29) is 24.6 Å². The SMILES string of the molecule is Cc1nn(C(F)F)c(C)c1CC(=O)Nc1ccc2c(ccn2CC(=O)O)c1. The summed E-state index contributed by atoms with van der Waals surface area (Å²) in [4.78, 5) is 23.2. The van der Waals surface area contributed by atoms with Gasteiger partial charge in [0.25, 0.3) is 0 Å².